The molecule has 0 fully saturated rings. The van der Waals surface area contributed by atoms with Crippen LogP contribution in [0.15, 0.2) is 17.1 Å². The van der Waals surface area contributed by atoms with E-state index in [4.69, 9.17) is 4.99 Å². The molecule has 1 N–H and O–H groups in total. The first-order valence-electron chi connectivity index (χ1n) is 12.4. The number of likely N-dealkylation sites (N-methyl/N-ethyl adjacent to an activating group) is 1. The van der Waals surface area contributed by atoms with Crippen LogP contribution in [0.4, 0.5) is 0 Å². The van der Waals surface area contributed by atoms with E-state index in [2.05, 4.69) is 32.2 Å². The number of hydrogen-bond acceptors (Lipinski definition) is 2. The van der Waals surface area contributed by atoms with Crippen molar-refractivity contribution in [1.82, 2.24) is 0 Å². The number of rotatable bonds is 19. The van der Waals surface area contributed by atoms with Crippen molar-refractivity contribution in [3.63, 3.8) is 0 Å². The first-order chi connectivity index (χ1) is 13.8. The zero-order chi connectivity index (χ0) is 20.3. The van der Waals surface area contributed by atoms with Gasteiger partial charge in [-0.05, 0) is 39.0 Å². The number of aliphatic hydroxyl groups excluding tert-OH is 1. The molecule has 1 aliphatic rings. The molecule has 0 aromatic rings. The Balaban J connectivity index is 1.90. The summed E-state index contributed by atoms with van der Waals surface area (Å²) in [5.41, 5.74) is 0. The van der Waals surface area contributed by atoms with Crippen LogP contribution in [-0.2, 0) is 0 Å². The summed E-state index contributed by atoms with van der Waals surface area (Å²) in [6.45, 7) is 7.74. The fourth-order valence-electron chi connectivity index (χ4n) is 4.45. The summed E-state index contributed by atoms with van der Waals surface area (Å²) in [6.07, 6.45) is 27.5. The Hall–Kier alpha value is -0.670. The van der Waals surface area contributed by atoms with E-state index >= 15 is 0 Å². The largest absolute Gasteiger partial charge is 0.391 e. The molecule has 0 aromatic heterocycles. The number of quaternary nitrogens is 1. The van der Waals surface area contributed by atoms with Gasteiger partial charge in [-0.1, -0.05) is 76.9 Å². The minimum absolute atomic E-state index is 0.280. The van der Waals surface area contributed by atoms with Crippen LogP contribution in [0.5, 0.6) is 0 Å². The Morgan fingerprint density at radius 3 is 2.00 bits per heavy atom. The zero-order valence-electron chi connectivity index (χ0n) is 19.1. The molecule has 28 heavy (non-hydrogen) atoms. The molecule has 0 aliphatic carbocycles. The number of nitrogens with zero attached hydrogens (tertiary/aromatic N) is 2. The standard InChI is InChI=1S/C25H49N2O/c1-3-5-6-7-8-9-10-11-12-13-14-15-16-17-18-19-20-25-26-21-22-27(25,4-2)23-24-28/h10-11,21,25,28H,3-9,12-20,22-24H2,1-2H3/q+1/b11-10+. The van der Waals surface area contributed by atoms with Crippen LogP contribution in [0.3, 0.4) is 0 Å². The van der Waals surface area contributed by atoms with Gasteiger partial charge in [-0.15, -0.1) is 0 Å². The topological polar surface area (TPSA) is 32.6 Å². The van der Waals surface area contributed by atoms with Crippen molar-refractivity contribution < 1.29 is 9.59 Å². The van der Waals surface area contributed by atoms with Gasteiger partial charge in [-0.2, -0.15) is 0 Å². The van der Waals surface area contributed by atoms with Gasteiger partial charge < -0.3 is 5.11 Å². The number of aliphatic hydroxyl groups is 1. The third kappa shape index (κ3) is 10.8. The first kappa shape index (κ1) is 25.4. The minimum atomic E-state index is 0.280. The molecule has 164 valence electrons. The Bertz CT molecular complexity index is 407. The van der Waals surface area contributed by atoms with E-state index in [-0.39, 0.29) is 6.61 Å². The van der Waals surface area contributed by atoms with Crippen LogP contribution in [0, 0.1) is 0 Å². The van der Waals surface area contributed by atoms with Gasteiger partial charge in [0, 0.05) is 6.42 Å². The second kappa shape index (κ2) is 17.2. The lowest BCUT2D eigenvalue weighted by molar-refractivity contribution is -0.936. The zero-order valence-corrected chi connectivity index (χ0v) is 19.1. The van der Waals surface area contributed by atoms with Crippen LogP contribution < -0.4 is 0 Å². The third-order valence-corrected chi connectivity index (χ3v) is 6.50. The van der Waals surface area contributed by atoms with Gasteiger partial charge >= 0.3 is 0 Å². The second-order valence-electron chi connectivity index (χ2n) is 8.70. The molecule has 2 unspecified atom stereocenters. The highest BCUT2D eigenvalue weighted by atomic mass is 16.3. The maximum absolute atomic E-state index is 9.38. The molecule has 1 heterocycles. The van der Waals surface area contributed by atoms with Crippen LogP contribution in [0.2, 0.25) is 0 Å². The van der Waals surface area contributed by atoms with E-state index in [1.165, 1.54) is 96.3 Å². The molecular formula is C25H49N2O+. The van der Waals surface area contributed by atoms with E-state index in [9.17, 15) is 5.11 Å². The van der Waals surface area contributed by atoms with E-state index < -0.39 is 0 Å². The molecule has 3 heteroatoms. The predicted molar refractivity (Wildman–Crippen MR) is 124 cm³/mol. The van der Waals surface area contributed by atoms with Crippen molar-refractivity contribution in [3.8, 4) is 0 Å². The fraction of sp³-hybridized carbons (Fsp3) is 0.880. The van der Waals surface area contributed by atoms with Crippen LogP contribution in [0.25, 0.3) is 0 Å². The second-order valence-corrected chi connectivity index (χ2v) is 8.70. The van der Waals surface area contributed by atoms with Gasteiger partial charge in [0.25, 0.3) is 0 Å². The quantitative estimate of drug-likeness (QED) is 0.149. The number of aliphatic imine (C=N–C) groups is 1. The monoisotopic (exact) mass is 393 g/mol. The highest BCUT2D eigenvalue weighted by Crippen LogP contribution is 2.24. The smallest absolute Gasteiger partial charge is 0.182 e. The van der Waals surface area contributed by atoms with Crippen molar-refractivity contribution in [2.45, 2.75) is 116 Å². The predicted octanol–water partition coefficient (Wildman–Crippen LogP) is 6.65. The van der Waals surface area contributed by atoms with E-state index in [0.717, 1.165) is 24.1 Å². The molecule has 0 spiro atoms. The Kier molecular flexibility index (Phi) is 15.6. The summed E-state index contributed by atoms with van der Waals surface area (Å²) < 4.78 is 0.975. The fourth-order valence-corrected chi connectivity index (χ4v) is 4.45. The van der Waals surface area contributed by atoms with E-state index in [1.54, 1.807) is 0 Å². The molecule has 0 amide bonds. The summed E-state index contributed by atoms with van der Waals surface area (Å²) in [4.78, 5) is 4.72. The van der Waals surface area contributed by atoms with Crippen LogP contribution in [0.1, 0.15) is 110 Å². The van der Waals surface area contributed by atoms with E-state index in [1.807, 2.05) is 0 Å². The van der Waals surface area contributed by atoms with Crippen molar-refractivity contribution in [3.05, 3.63) is 12.2 Å². The number of unbranched alkanes of at least 4 members (excludes halogenated alkanes) is 12. The van der Waals surface area contributed by atoms with Gasteiger partial charge in [0.2, 0.25) is 0 Å². The van der Waals surface area contributed by atoms with Crippen molar-refractivity contribution in [2.24, 2.45) is 4.99 Å². The van der Waals surface area contributed by atoms with Crippen molar-refractivity contribution in [1.29, 1.82) is 0 Å². The molecule has 0 aromatic carbocycles. The molecule has 0 bridgehead atoms. The molecular weight excluding hydrogens is 344 g/mol. The highest BCUT2D eigenvalue weighted by Gasteiger charge is 2.36. The highest BCUT2D eigenvalue weighted by molar-refractivity contribution is 5.60. The van der Waals surface area contributed by atoms with Crippen LogP contribution in [-0.4, -0.2) is 48.2 Å². The molecule has 1 aliphatic heterocycles. The summed E-state index contributed by atoms with van der Waals surface area (Å²) in [6, 6.07) is 0. The minimum Gasteiger partial charge on any atom is -0.391 e. The van der Waals surface area contributed by atoms with Gasteiger partial charge in [0.15, 0.2) is 6.17 Å². The third-order valence-electron chi connectivity index (χ3n) is 6.50. The van der Waals surface area contributed by atoms with Crippen LogP contribution >= 0.6 is 0 Å². The lowest BCUT2D eigenvalue weighted by Crippen LogP contribution is -2.53. The molecule has 3 nitrogen and oxygen atoms in total. The number of allylic oxidation sites excluding steroid dienone is 2. The maximum Gasteiger partial charge on any atom is 0.182 e. The molecule has 0 radical (unpaired) electrons. The molecule has 1 rings (SSSR count). The molecule has 2 atom stereocenters. The SMILES string of the molecule is CCCCCCC/C=C/CCCCCCCCCC1N=CC[N+]1(CC)CCO. The lowest BCUT2D eigenvalue weighted by Gasteiger charge is -2.37. The Labute approximate surface area is 175 Å². The average molecular weight is 394 g/mol. The Morgan fingerprint density at radius 2 is 1.43 bits per heavy atom. The van der Waals surface area contributed by atoms with Gasteiger partial charge in [-0.25, -0.2) is 4.99 Å². The number of hydrogen-bond donors (Lipinski definition) is 1. The Morgan fingerprint density at radius 1 is 0.857 bits per heavy atom. The lowest BCUT2D eigenvalue weighted by atomic mass is 10.1. The van der Waals surface area contributed by atoms with Crippen molar-refractivity contribution >= 4 is 6.21 Å². The summed E-state index contributed by atoms with van der Waals surface area (Å²) >= 11 is 0. The average Bonchev–Trinajstić information content (AvgIpc) is 3.11. The molecule has 0 saturated heterocycles. The normalized spacial score (nSPS) is 21.9. The van der Waals surface area contributed by atoms with E-state index in [0.29, 0.717) is 6.17 Å². The summed E-state index contributed by atoms with van der Waals surface area (Å²) in [5.74, 6) is 0. The maximum atomic E-state index is 9.38. The molecule has 0 saturated carbocycles. The van der Waals surface area contributed by atoms with Gasteiger partial charge in [0.1, 0.15) is 13.1 Å². The summed E-state index contributed by atoms with van der Waals surface area (Å²) in [5, 5.41) is 9.38. The van der Waals surface area contributed by atoms with Crippen molar-refractivity contribution in [2.75, 3.05) is 26.2 Å². The van der Waals surface area contributed by atoms with Gasteiger partial charge in [-0.3, -0.25) is 4.48 Å². The first-order valence-corrected chi connectivity index (χ1v) is 12.4. The van der Waals surface area contributed by atoms with Gasteiger partial charge in [0.05, 0.1) is 19.4 Å². The summed E-state index contributed by atoms with van der Waals surface area (Å²) in [7, 11) is 0.